The van der Waals surface area contributed by atoms with Crippen LogP contribution in [-0.2, 0) is 11.2 Å². The summed E-state index contributed by atoms with van der Waals surface area (Å²) in [5.74, 6) is 0.572. The molecule has 2 N–H and O–H groups in total. The average molecular weight is 401 g/mol. The van der Waals surface area contributed by atoms with Crippen LogP contribution in [0.25, 0.3) is 11.4 Å². The monoisotopic (exact) mass is 400 g/mol. The lowest BCUT2D eigenvalue weighted by Crippen LogP contribution is -2.23. The first-order chi connectivity index (χ1) is 13.0. The SMILES string of the molecule is CCc1ccc(-c2nc(S[C@H](C)C(=O)Nc3cc(Cl)ccc3C)n[nH]2)cc1. The molecule has 3 aromatic rings. The third-order valence-corrected chi connectivity index (χ3v) is 5.41. The van der Waals surface area contributed by atoms with Crippen LogP contribution in [0.1, 0.15) is 25.0 Å². The molecule has 0 aliphatic rings. The van der Waals surface area contributed by atoms with Crippen molar-refractivity contribution in [2.75, 3.05) is 5.32 Å². The van der Waals surface area contributed by atoms with Gasteiger partial charge in [0.25, 0.3) is 0 Å². The van der Waals surface area contributed by atoms with Crippen molar-refractivity contribution < 1.29 is 4.79 Å². The van der Waals surface area contributed by atoms with Gasteiger partial charge in [0.05, 0.1) is 5.25 Å². The van der Waals surface area contributed by atoms with Crippen molar-refractivity contribution in [3.05, 3.63) is 58.6 Å². The van der Waals surface area contributed by atoms with Crippen molar-refractivity contribution >= 4 is 35.0 Å². The highest BCUT2D eigenvalue weighted by atomic mass is 35.5. The third kappa shape index (κ3) is 4.90. The molecule has 0 saturated carbocycles. The Kier molecular flexibility index (Phi) is 6.19. The maximum atomic E-state index is 12.5. The Balaban J connectivity index is 1.65. The fraction of sp³-hybridized carbons (Fsp3) is 0.250. The first-order valence-corrected chi connectivity index (χ1v) is 9.97. The summed E-state index contributed by atoms with van der Waals surface area (Å²) in [6, 6.07) is 13.6. The molecular formula is C20H21ClN4OS. The summed E-state index contributed by atoms with van der Waals surface area (Å²) in [6.07, 6.45) is 0.997. The van der Waals surface area contributed by atoms with Crippen LogP contribution >= 0.6 is 23.4 Å². The Labute approximate surface area is 167 Å². The number of rotatable bonds is 6. The summed E-state index contributed by atoms with van der Waals surface area (Å²) in [5.41, 5.74) is 3.92. The molecule has 1 aromatic heterocycles. The van der Waals surface area contributed by atoms with E-state index in [9.17, 15) is 4.79 Å². The first kappa shape index (κ1) is 19.5. The Morgan fingerprint density at radius 2 is 2.00 bits per heavy atom. The lowest BCUT2D eigenvalue weighted by atomic mass is 10.1. The number of benzene rings is 2. The van der Waals surface area contributed by atoms with Gasteiger partial charge in [-0.25, -0.2) is 4.98 Å². The van der Waals surface area contributed by atoms with E-state index in [1.165, 1.54) is 17.3 Å². The second-order valence-electron chi connectivity index (χ2n) is 6.23. The van der Waals surface area contributed by atoms with Crippen molar-refractivity contribution in [3.8, 4) is 11.4 Å². The van der Waals surface area contributed by atoms with Crippen molar-refractivity contribution in [2.45, 2.75) is 37.6 Å². The molecule has 0 fully saturated rings. The van der Waals surface area contributed by atoms with Crippen LogP contribution in [-0.4, -0.2) is 26.3 Å². The second-order valence-corrected chi connectivity index (χ2v) is 7.97. The van der Waals surface area contributed by atoms with Crippen molar-refractivity contribution in [1.29, 1.82) is 0 Å². The predicted molar refractivity (Wildman–Crippen MR) is 111 cm³/mol. The second kappa shape index (κ2) is 8.59. The van der Waals surface area contributed by atoms with E-state index in [1.54, 1.807) is 12.1 Å². The predicted octanol–water partition coefficient (Wildman–Crippen LogP) is 5.12. The van der Waals surface area contributed by atoms with Crippen LogP contribution < -0.4 is 5.32 Å². The van der Waals surface area contributed by atoms with E-state index in [2.05, 4.69) is 39.6 Å². The Bertz CT molecular complexity index is 939. The van der Waals surface area contributed by atoms with Gasteiger partial charge in [-0.2, -0.15) is 0 Å². The van der Waals surface area contributed by atoms with Crippen molar-refractivity contribution in [1.82, 2.24) is 15.2 Å². The van der Waals surface area contributed by atoms with Crippen LogP contribution in [0.15, 0.2) is 47.6 Å². The molecule has 1 atom stereocenters. The van der Waals surface area contributed by atoms with E-state index in [4.69, 9.17) is 11.6 Å². The van der Waals surface area contributed by atoms with E-state index in [0.717, 1.165) is 17.5 Å². The molecule has 1 heterocycles. The minimum atomic E-state index is -0.352. The van der Waals surface area contributed by atoms with Crippen LogP contribution in [0.3, 0.4) is 0 Å². The van der Waals surface area contributed by atoms with E-state index in [0.29, 0.717) is 21.7 Å². The summed E-state index contributed by atoms with van der Waals surface area (Å²) >= 11 is 7.31. The summed E-state index contributed by atoms with van der Waals surface area (Å²) < 4.78 is 0. The molecule has 1 amide bonds. The quantitative estimate of drug-likeness (QED) is 0.563. The lowest BCUT2D eigenvalue weighted by Gasteiger charge is -2.12. The van der Waals surface area contributed by atoms with Gasteiger partial charge in [-0.15, -0.1) is 5.10 Å². The van der Waals surface area contributed by atoms with E-state index < -0.39 is 0 Å². The molecule has 7 heteroatoms. The van der Waals surface area contributed by atoms with Crippen molar-refractivity contribution in [3.63, 3.8) is 0 Å². The number of aryl methyl sites for hydroxylation is 2. The van der Waals surface area contributed by atoms with Gasteiger partial charge in [-0.1, -0.05) is 60.6 Å². The number of hydrogen-bond acceptors (Lipinski definition) is 4. The average Bonchev–Trinajstić information content (AvgIpc) is 3.13. The smallest absolute Gasteiger partial charge is 0.237 e. The zero-order chi connectivity index (χ0) is 19.4. The minimum absolute atomic E-state index is 0.121. The molecule has 0 aliphatic carbocycles. The van der Waals surface area contributed by atoms with Gasteiger partial charge in [0.15, 0.2) is 5.82 Å². The largest absolute Gasteiger partial charge is 0.325 e. The molecule has 0 radical (unpaired) electrons. The Morgan fingerprint density at radius 3 is 2.70 bits per heavy atom. The van der Waals surface area contributed by atoms with E-state index >= 15 is 0 Å². The maximum absolute atomic E-state index is 12.5. The van der Waals surface area contributed by atoms with Gasteiger partial charge in [0.1, 0.15) is 0 Å². The number of anilines is 1. The van der Waals surface area contributed by atoms with Gasteiger partial charge in [-0.05, 0) is 43.5 Å². The molecule has 2 aromatic carbocycles. The van der Waals surface area contributed by atoms with E-state index in [1.807, 2.05) is 32.0 Å². The summed E-state index contributed by atoms with van der Waals surface area (Å²) in [6.45, 7) is 5.87. The standard InChI is InChI=1S/C20H21ClN4OS/c1-4-14-6-8-15(9-7-14)18-23-20(25-24-18)27-13(3)19(26)22-17-11-16(21)10-5-12(17)2/h5-11,13H,4H2,1-3H3,(H,22,26)(H,23,24,25)/t13-/m1/s1. The number of aromatic amines is 1. The molecule has 0 spiro atoms. The summed E-state index contributed by atoms with van der Waals surface area (Å²) in [7, 11) is 0. The van der Waals surface area contributed by atoms with Crippen LogP contribution in [0.2, 0.25) is 5.02 Å². The number of halogens is 1. The highest BCUT2D eigenvalue weighted by Crippen LogP contribution is 2.25. The Hall–Kier alpha value is -2.31. The van der Waals surface area contributed by atoms with E-state index in [-0.39, 0.29) is 11.2 Å². The number of amides is 1. The zero-order valence-electron chi connectivity index (χ0n) is 15.4. The summed E-state index contributed by atoms with van der Waals surface area (Å²) in [5, 5.41) is 10.8. The van der Waals surface area contributed by atoms with Crippen LogP contribution in [0, 0.1) is 6.92 Å². The first-order valence-electron chi connectivity index (χ1n) is 8.71. The fourth-order valence-corrected chi connectivity index (χ4v) is 3.40. The molecule has 27 heavy (non-hydrogen) atoms. The number of aromatic nitrogens is 3. The summed E-state index contributed by atoms with van der Waals surface area (Å²) in [4.78, 5) is 17.0. The van der Waals surface area contributed by atoms with Gasteiger partial charge in [0.2, 0.25) is 11.1 Å². The molecule has 0 saturated heterocycles. The minimum Gasteiger partial charge on any atom is -0.325 e. The fourth-order valence-electron chi connectivity index (χ4n) is 2.50. The number of carbonyl (C=O) groups is 1. The zero-order valence-corrected chi connectivity index (χ0v) is 17.0. The van der Waals surface area contributed by atoms with Crippen LogP contribution in [0.4, 0.5) is 5.69 Å². The molecule has 3 rings (SSSR count). The normalized spacial score (nSPS) is 12.0. The third-order valence-electron chi connectivity index (χ3n) is 4.21. The topological polar surface area (TPSA) is 70.7 Å². The highest BCUT2D eigenvalue weighted by molar-refractivity contribution is 8.00. The van der Waals surface area contributed by atoms with Crippen molar-refractivity contribution in [2.24, 2.45) is 0 Å². The number of H-pyrrole nitrogens is 1. The lowest BCUT2D eigenvalue weighted by molar-refractivity contribution is -0.115. The van der Waals surface area contributed by atoms with Crippen LogP contribution in [0.5, 0.6) is 0 Å². The van der Waals surface area contributed by atoms with Gasteiger partial charge >= 0.3 is 0 Å². The number of nitrogens with one attached hydrogen (secondary N) is 2. The van der Waals surface area contributed by atoms with Gasteiger partial charge in [0, 0.05) is 16.3 Å². The number of hydrogen-bond donors (Lipinski definition) is 2. The maximum Gasteiger partial charge on any atom is 0.237 e. The molecular weight excluding hydrogens is 380 g/mol. The number of thioether (sulfide) groups is 1. The van der Waals surface area contributed by atoms with Gasteiger partial charge in [-0.3, -0.25) is 9.89 Å². The number of carbonyl (C=O) groups excluding carboxylic acids is 1. The molecule has 0 aliphatic heterocycles. The number of nitrogens with zero attached hydrogens (tertiary/aromatic N) is 2. The Morgan fingerprint density at radius 1 is 1.26 bits per heavy atom. The highest BCUT2D eigenvalue weighted by Gasteiger charge is 2.18. The molecule has 140 valence electrons. The molecule has 0 unspecified atom stereocenters. The van der Waals surface area contributed by atoms with Gasteiger partial charge < -0.3 is 5.32 Å². The molecule has 5 nitrogen and oxygen atoms in total. The molecule has 0 bridgehead atoms.